The Morgan fingerprint density at radius 2 is 1.60 bits per heavy atom. The predicted octanol–water partition coefficient (Wildman–Crippen LogP) is 4.11. The van der Waals surface area contributed by atoms with E-state index in [4.69, 9.17) is 0 Å². The first-order valence-electron chi connectivity index (χ1n) is 8.06. The molecule has 2 heteroatoms. The van der Waals surface area contributed by atoms with Crippen LogP contribution in [0.3, 0.4) is 0 Å². The molecule has 0 amide bonds. The molecule has 0 spiro atoms. The minimum Gasteiger partial charge on any atom is -0.387 e. The summed E-state index contributed by atoms with van der Waals surface area (Å²) >= 11 is 0. The van der Waals surface area contributed by atoms with E-state index < -0.39 is 0 Å². The molecule has 1 unspecified atom stereocenters. The molecular weight excluding hydrogens is 246 g/mol. The number of aliphatic hydroxyl groups is 1. The molecule has 1 N–H and O–H groups in total. The molecule has 1 aromatic rings. The smallest absolute Gasteiger partial charge is 0.0916 e. The van der Waals surface area contributed by atoms with Crippen molar-refractivity contribution >= 4 is 0 Å². The molecular formula is C18H29NO. The van der Waals surface area contributed by atoms with E-state index in [2.05, 4.69) is 50.1 Å². The highest BCUT2D eigenvalue weighted by molar-refractivity contribution is 5.26. The summed E-state index contributed by atoms with van der Waals surface area (Å²) in [5.74, 6) is 0.547. The minimum absolute atomic E-state index is 0.372. The quantitative estimate of drug-likeness (QED) is 0.874. The van der Waals surface area contributed by atoms with Gasteiger partial charge in [0.2, 0.25) is 0 Å². The van der Waals surface area contributed by atoms with Crippen molar-refractivity contribution in [3.05, 3.63) is 35.4 Å². The minimum atomic E-state index is -0.372. The summed E-state index contributed by atoms with van der Waals surface area (Å²) < 4.78 is 0. The topological polar surface area (TPSA) is 23.5 Å². The third-order valence-electron chi connectivity index (χ3n) is 4.65. The zero-order chi connectivity index (χ0) is 14.5. The standard InChI is InChI=1S/C18H29NO/c1-14(2)15-9-11-16(12-10-15)18(20)13-19(3)17-7-5-4-6-8-17/h9-12,14,17-18,20H,4-8,13H2,1-3H3. The Morgan fingerprint density at radius 1 is 1.05 bits per heavy atom. The fourth-order valence-electron chi connectivity index (χ4n) is 3.15. The molecule has 0 radical (unpaired) electrons. The second-order valence-electron chi connectivity index (χ2n) is 6.57. The average Bonchev–Trinajstić information content (AvgIpc) is 2.48. The lowest BCUT2D eigenvalue weighted by atomic mass is 9.94. The number of hydrogen-bond donors (Lipinski definition) is 1. The van der Waals surface area contributed by atoms with E-state index in [1.165, 1.54) is 37.7 Å². The number of rotatable bonds is 5. The van der Waals surface area contributed by atoms with Gasteiger partial charge in [-0.1, -0.05) is 57.4 Å². The van der Waals surface area contributed by atoms with E-state index in [9.17, 15) is 5.11 Å². The summed E-state index contributed by atoms with van der Waals surface area (Å²) in [6.07, 6.45) is 6.26. The molecule has 2 rings (SSSR count). The summed E-state index contributed by atoms with van der Waals surface area (Å²) in [4.78, 5) is 2.35. The van der Waals surface area contributed by atoms with E-state index in [1.54, 1.807) is 0 Å². The van der Waals surface area contributed by atoms with Crippen molar-refractivity contribution in [1.29, 1.82) is 0 Å². The molecule has 0 aliphatic heterocycles. The van der Waals surface area contributed by atoms with Crippen LogP contribution in [0.15, 0.2) is 24.3 Å². The maximum absolute atomic E-state index is 10.4. The number of likely N-dealkylation sites (N-methyl/N-ethyl adjacent to an activating group) is 1. The fraction of sp³-hybridized carbons (Fsp3) is 0.667. The first-order chi connectivity index (χ1) is 9.58. The number of nitrogens with zero attached hydrogens (tertiary/aromatic N) is 1. The van der Waals surface area contributed by atoms with Crippen molar-refractivity contribution in [1.82, 2.24) is 4.90 Å². The zero-order valence-electron chi connectivity index (χ0n) is 13.2. The van der Waals surface area contributed by atoms with Gasteiger partial charge < -0.3 is 10.0 Å². The normalized spacial score (nSPS) is 18.7. The lowest BCUT2D eigenvalue weighted by Crippen LogP contribution is -2.36. The lowest BCUT2D eigenvalue weighted by molar-refractivity contribution is 0.0914. The Bertz CT molecular complexity index is 392. The molecule has 112 valence electrons. The van der Waals surface area contributed by atoms with Gasteiger partial charge in [0.1, 0.15) is 0 Å². The largest absolute Gasteiger partial charge is 0.387 e. The molecule has 0 aromatic heterocycles. The summed E-state index contributed by atoms with van der Waals surface area (Å²) in [6.45, 7) is 5.14. The lowest BCUT2D eigenvalue weighted by Gasteiger charge is -2.32. The van der Waals surface area contributed by atoms with E-state index in [-0.39, 0.29) is 6.10 Å². The number of benzene rings is 1. The van der Waals surface area contributed by atoms with Crippen LogP contribution < -0.4 is 0 Å². The average molecular weight is 275 g/mol. The first kappa shape index (κ1) is 15.5. The Morgan fingerprint density at radius 3 is 2.15 bits per heavy atom. The highest BCUT2D eigenvalue weighted by atomic mass is 16.3. The molecule has 0 heterocycles. The Kier molecular flexibility index (Phi) is 5.62. The Hall–Kier alpha value is -0.860. The molecule has 1 aliphatic carbocycles. The van der Waals surface area contributed by atoms with E-state index in [0.717, 1.165) is 12.1 Å². The molecule has 0 bridgehead atoms. The van der Waals surface area contributed by atoms with Crippen molar-refractivity contribution < 1.29 is 5.11 Å². The van der Waals surface area contributed by atoms with Crippen LogP contribution in [-0.2, 0) is 0 Å². The van der Waals surface area contributed by atoms with E-state index in [1.807, 2.05) is 0 Å². The molecule has 2 nitrogen and oxygen atoms in total. The van der Waals surface area contributed by atoms with Crippen molar-refractivity contribution in [3.8, 4) is 0 Å². The van der Waals surface area contributed by atoms with Gasteiger partial charge >= 0.3 is 0 Å². The van der Waals surface area contributed by atoms with Gasteiger partial charge in [-0.05, 0) is 36.9 Å². The predicted molar refractivity (Wildman–Crippen MR) is 85.0 cm³/mol. The molecule has 1 saturated carbocycles. The van der Waals surface area contributed by atoms with Gasteiger partial charge in [0.15, 0.2) is 0 Å². The van der Waals surface area contributed by atoms with Gasteiger partial charge in [-0.25, -0.2) is 0 Å². The number of hydrogen-bond acceptors (Lipinski definition) is 2. The second-order valence-corrected chi connectivity index (χ2v) is 6.57. The van der Waals surface area contributed by atoms with Gasteiger partial charge in [-0.15, -0.1) is 0 Å². The van der Waals surface area contributed by atoms with Crippen molar-refractivity contribution in [2.75, 3.05) is 13.6 Å². The van der Waals surface area contributed by atoms with Crippen LogP contribution >= 0.6 is 0 Å². The van der Waals surface area contributed by atoms with Gasteiger partial charge in [-0.2, -0.15) is 0 Å². The van der Waals surface area contributed by atoms with Gasteiger partial charge in [-0.3, -0.25) is 0 Å². The van der Waals surface area contributed by atoms with Crippen LogP contribution in [0.25, 0.3) is 0 Å². The highest BCUT2D eigenvalue weighted by Gasteiger charge is 2.20. The highest BCUT2D eigenvalue weighted by Crippen LogP contribution is 2.24. The monoisotopic (exact) mass is 275 g/mol. The summed E-state index contributed by atoms with van der Waals surface area (Å²) in [7, 11) is 2.15. The number of aliphatic hydroxyl groups excluding tert-OH is 1. The summed E-state index contributed by atoms with van der Waals surface area (Å²) in [5, 5.41) is 10.4. The third-order valence-corrected chi connectivity index (χ3v) is 4.65. The molecule has 0 saturated heterocycles. The second kappa shape index (κ2) is 7.24. The van der Waals surface area contributed by atoms with E-state index >= 15 is 0 Å². The first-order valence-corrected chi connectivity index (χ1v) is 8.06. The fourth-order valence-corrected chi connectivity index (χ4v) is 3.15. The van der Waals surface area contributed by atoms with Crippen LogP contribution in [0.1, 0.15) is 69.1 Å². The molecule has 1 aromatic carbocycles. The maximum atomic E-state index is 10.4. The van der Waals surface area contributed by atoms with Crippen molar-refractivity contribution in [2.45, 2.75) is 64.0 Å². The maximum Gasteiger partial charge on any atom is 0.0916 e. The van der Waals surface area contributed by atoms with Crippen molar-refractivity contribution in [3.63, 3.8) is 0 Å². The zero-order valence-corrected chi connectivity index (χ0v) is 13.2. The van der Waals surface area contributed by atoms with E-state index in [0.29, 0.717) is 12.0 Å². The van der Waals surface area contributed by atoms with Crippen LogP contribution in [-0.4, -0.2) is 29.6 Å². The third kappa shape index (κ3) is 4.07. The molecule has 1 atom stereocenters. The molecule has 1 aliphatic rings. The van der Waals surface area contributed by atoms with Crippen LogP contribution in [0, 0.1) is 0 Å². The van der Waals surface area contributed by atoms with Gasteiger partial charge in [0.25, 0.3) is 0 Å². The van der Waals surface area contributed by atoms with Crippen molar-refractivity contribution in [2.24, 2.45) is 0 Å². The van der Waals surface area contributed by atoms with Gasteiger partial charge in [0.05, 0.1) is 6.10 Å². The van der Waals surface area contributed by atoms with Gasteiger partial charge in [0, 0.05) is 12.6 Å². The Labute approximate surface area is 123 Å². The SMILES string of the molecule is CC(C)c1ccc(C(O)CN(C)C2CCCCC2)cc1. The molecule has 1 fully saturated rings. The molecule has 20 heavy (non-hydrogen) atoms. The summed E-state index contributed by atoms with van der Waals surface area (Å²) in [5.41, 5.74) is 2.37. The Balaban J connectivity index is 1.91. The van der Waals surface area contributed by atoms with Crippen LogP contribution in [0.2, 0.25) is 0 Å². The van der Waals surface area contributed by atoms with Crippen LogP contribution in [0.4, 0.5) is 0 Å². The van der Waals surface area contributed by atoms with Crippen LogP contribution in [0.5, 0.6) is 0 Å². The summed E-state index contributed by atoms with van der Waals surface area (Å²) in [6, 6.07) is 9.10.